The third kappa shape index (κ3) is 5.37. The van der Waals surface area contributed by atoms with Crippen molar-refractivity contribution < 1.29 is 9.53 Å². The van der Waals surface area contributed by atoms with E-state index in [1.165, 1.54) is 0 Å². The Morgan fingerprint density at radius 2 is 1.79 bits per heavy atom. The summed E-state index contributed by atoms with van der Waals surface area (Å²) in [7, 11) is 0. The number of nitrogens with zero attached hydrogens (tertiary/aromatic N) is 2. The molecule has 144 valence electrons. The van der Waals surface area contributed by atoms with E-state index in [1.54, 1.807) is 24.8 Å². The molecular weight excluding hydrogens is 352 g/mol. The molecule has 1 unspecified atom stereocenters. The van der Waals surface area contributed by atoms with Crippen LogP contribution in [-0.4, -0.2) is 22.5 Å². The molecule has 0 saturated carbocycles. The summed E-state index contributed by atoms with van der Waals surface area (Å²) in [6, 6.07) is 14.7. The van der Waals surface area contributed by atoms with Gasteiger partial charge in [0.15, 0.2) is 0 Å². The van der Waals surface area contributed by atoms with Gasteiger partial charge in [0.05, 0.1) is 6.61 Å². The molecule has 28 heavy (non-hydrogen) atoms. The molecule has 0 aliphatic heterocycles. The topological polar surface area (TPSA) is 76.1 Å². The Hall–Kier alpha value is -3.25. The number of benzene rings is 1. The quantitative estimate of drug-likeness (QED) is 0.600. The first-order valence-electron chi connectivity index (χ1n) is 9.28. The molecule has 6 heteroatoms. The number of nitrogens with one attached hydrogen (secondary N) is 2. The Bertz CT molecular complexity index is 872. The van der Waals surface area contributed by atoms with E-state index in [9.17, 15) is 4.79 Å². The average Bonchev–Trinajstić information content (AvgIpc) is 2.75. The number of carbonyl (C=O) groups excluding carboxylic acids is 1. The van der Waals surface area contributed by atoms with Gasteiger partial charge in [0.2, 0.25) is 5.91 Å². The van der Waals surface area contributed by atoms with Crippen molar-refractivity contribution in [3.63, 3.8) is 0 Å². The minimum atomic E-state index is -0.549. The van der Waals surface area contributed by atoms with E-state index in [-0.39, 0.29) is 5.91 Å². The predicted octanol–water partition coefficient (Wildman–Crippen LogP) is 3.02. The van der Waals surface area contributed by atoms with E-state index in [0.29, 0.717) is 25.4 Å². The molecule has 0 aliphatic rings. The molecule has 1 amide bonds. The first-order valence-corrected chi connectivity index (χ1v) is 9.28. The highest BCUT2D eigenvalue weighted by Crippen LogP contribution is 2.26. The minimum Gasteiger partial charge on any atom is -0.494 e. The lowest BCUT2D eigenvalue weighted by Crippen LogP contribution is -2.37. The zero-order valence-corrected chi connectivity index (χ0v) is 15.8. The molecule has 3 aromatic rings. The van der Waals surface area contributed by atoms with Crippen molar-refractivity contribution in [2.24, 2.45) is 0 Å². The number of aromatic nitrogens is 2. The summed E-state index contributed by atoms with van der Waals surface area (Å²) in [5.41, 5.74) is 2.80. The van der Waals surface area contributed by atoms with Gasteiger partial charge in [-0.05, 0) is 42.3 Å². The maximum atomic E-state index is 13.0. The van der Waals surface area contributed by atoms with Gasteiger partial charge in [-0.15, -0.1) is 0 Å². The molecule has 0 fully saturated rings. The van der Waals surface area contributed by atoms with Crippen molar-refractivity contribution in [2.75, 3.05) is 6.61 Å². The number of rotatable bonds is 9. The fourth-order valence-corrected chi connectivity index (χ4v) is 2.86. The van der Waals surface area contributed by atoms with Gasteiger partial charge >= 0.3 is 0 Å². The molecular formula is C22H24N4O2. The van der Waals surface area contributed by atoms with Gasteiger partial charge in [0.1, 0.15) is 11.8 Å². The molecule has 2 N–H and O–H groups in total. The molecule has 0 spiro atoms. The van der Waals surface area contributed by atoms with Crippen LogP contribution >= 0.6 is 0 Å². The van der Waals surface area contributed by atoms with Crippen LogP contribution in [0.25, 0.3) is 0 Å². The third-order valence-corrected chi connectivity index (χ3v) is 4.24. The van der Waals surface area contributed by atoms with Gasteiger partial charge in [-0.3, -0.25) is 20.1 Å². The molecule has 0 radical (unpaired) electrons. The Kier molecular flexibility index (Phi) is 7.09. The van der Waals surface area contributed by atoms with Crippen molar-refractivity contribution in [1.82, 2.24) is 20.6 Å². The van der Waals surface area contributed by atoms with Crippen LogP contribution in [0.4, 0.5) is 0 Å². The Balaban J connectivity index is 1.78. The first-order chi connectivity index (χ1) is 13.8. The van der Waals surface area contributed by atoms with Gasteiger partial charge in [-0.2, -0.15) is 0 Å². The van der Waals surface area contributed by atoms with E-state index >= 15 is 0 Å². The van der Waals surface area contributed by atoms with Crippen LogP contribution in [-0.2, 0) is 17.9 Å². The van der Waals surface area contributed by atoms with Gasteiger partial charge in [0.25, 0.3) is 0 Å². The lowest BCUT2D eigenvalue weighted by molar-refractivity contribution is -0.123. The summed E-state index contributed by atoms with van der Waals surface area (Å²) in [5.74, 6) is 0.582. The van der Waals surface area contributed by atoms with Crippen LogP contribution in [0.1, 0.15) is 29.7 Å². The molecule has 6 nitrogen and oxygen atoms in total. The first kappa shape index (κ1) is 19.5. The van der Waals surface area contributed by atoms with Crippen LogP contribution in [0, 0.1) is 0 Å². The van der Waals surface area contributed by atoms with Crippen molar-refractivity contribution in [3.8, 4) is 5.75 Å². The highest BCUT2D eigenvalue weighted by atomic mass is 16.5. The molecule has 2 aromatic heterocycles. The number of amides is 1. The largest absolute Gasteiger partial charge is 0.494 e. The summed E-state index contributed by atoms with van der Waals surface area (Å²) in [6.07, 6.45) is 6.93. The third-order valence-electron chi connectivity index (χ3n) is 4.24. The smallest absolute Gasteiger partial charge is 0.242 e. The molecule has 1 atom stereocenters. The Labute approximate surface area is 165 Å². The SMILES string of the molecule is CCOc1ccccc1C(NCc1ccncc1)C(=O)NCc1cccnc1. The van der Waals surface area contributed by atoms with Crippen LogP contribution in [0.3, 0.4) is 0 Å². The zero-order chi connectivity index (χ0) is 19.6. The van der Waals surface area contributed by atoms with Crippen LogP contribution in [0.15, 0.2) is 73.3 Å². The van der Waals surface area contributed by atoms with Gasteiger partial charge in [0, 0.05) is 43.4 Å². The maximum Gasteiger partial charge on any atom is 0.242 e. The number of carbonyl (C=O) groups is 1. The molecule has 0 saturated heterocycles. The Morgan fingerprint density at radius 1 is 0.964 bits per heavy atom. The second-order valence-corrected chi connectivity index (χ2v) is 6.22. The Morgan fingerprint density at radius 3 is 2.54 bits per heavy atom. The van der Waals surface area contributed by atoms with E-state index in [0.717, 1.165) is 16.7 Å². The summed E-state index contributed by atoms with van der Waals surface area (Å²) in [5, 5.41) is 6.35. The number of hydrogen-bond donors (Lipinski definition) is 2. The van der Waals surface area contributed by atoms with Crippen LogP contribution in [0.2, 0.25) is 0 Å². The van der Waals surface area contributed by atoms with Crippen molar-refractivity contribution in [1.29, 1.82) is 0 Å². The average molecular weight is 376 g/mol. The lowest BCUT2D eigenvalue weighted by Gasteiger charge is -2.21. The zero-order valence-electron chi connectivity index (χ0n) is 15.8. The van der Waals surface area contributed by atoms with Crippen molar-refractivity contribution >= 4 is 5.91 Å². The summed E-state index contributed by atoms with van der Waals surface area (Å²) >= 11 is 0. The normalized spacial score (nSPS) is 11.6. The van der Waals surface area contributed by atoms with Gasteiger partial charge in [-0.25, -0.2) is 0 Å². The number of ether oxygens (including phenoxy) is 1. The molecule has 3 rings (SSSR count). The van der Waals surface area contributed by atoms with E-state index in [1.807, 2.05) is 55.5 Å². The van der Waals surface area contributed by atoms with E-state index in [4.69, 9.17) is 4.74 Å². The second-order valence-electron chi connectivity index (χ2n) is 6.22. The highest BCUT2D eigenvalue weighted by molar-refractivity contribution is 5.84. The summed E-state index contributed by atoms with van der Waals surface area (Å²) in [4.78, 5) is 21.2. The summed E-state index contributed by atoms with van der Waals surface area (Å²) in [6.45, 7) is 3.41. The fraction of sp³-hybridized carbons (Fsp3) is 0.227. The lowest BCUT2D eigenvalue weighted by atomic mass is 10.0. The number of pyridine rings is 2. The molecule has 1 aromatic carbocycles. The van der Waals surface area contributed by atoms with Crippen molar-refractivity contribution in [3.05, 3.63) is 90.0 Å². The number of para-hydroxylation sites is 1. The fourth-order valence-electron chi connectivity index (χ4n) is 2.86. The van der Waals surface area contributed by atoms with E-state index < -0.39 is 6.04 Å². The van der Waals surface area contributed by atoms with Crippen LogP contribution < -0.4 is 15.4 Å². The summed E-state index contributed by atoms with van der Waals surface area (Å²) < 4.78 is 5.74. The van der Waals surface area contributed by atoms with Crippen LogP contribution in [0.5, 0.6) is 5.75 Å². The van der Waals surface area contributed by atoms with E-state index in [2.05, 4.69) is 20.6 Å². The minimum absolute atomic E-state index is 0.120. The van der Waals surface area contributed by atoms with Crippen molar-refractivity contribution in [2.45, 2.75) is 26.1 Å². The second kappa shape index (κ2) is 10.2. The number of hydrogen-bond acceptors (Lipinski definition) is 5. The maximum absolute atomic E-state index is 13.0. The molecule has 2 heterocycles. The van der Waals surface area contributed by atoms with Gasteiger partial charge < -0.3 is 10.1 Å². The standard InChI is InChI=1S/C22H24N4O2/c1-2-28-20-8-4-3-7-19(20)21(25-15-17-9-12-23-13-10-17)22(27)26-16-18-6-5-11-24-14-18/h3-14,21,25H,2,15-16H2,1H3,(H,26,27). The predicted molar refractivity (Wildman–Crippen MR) is 108 cm³/mol. The van der Waals surface area contributed by atoms with Gasteiger partial charge in [-0.1, -0.05) is 24.3 Å². The highest BCUT2D eigenvalue weighted by Gasteiger charge is 2.23. The molecule has 0 bridgehead atoms. The molecule has 0 aliphatic carbocycles. The monoisotopic (exact) mass is 376 g/mol.